The fourth-order valence-electron chi connectivity index (χ4n) is 2.76. The van der Waals surface area contributed by atoms with E-state index in [1.807, 2.05) is 31.2 Å². The molecule has 2 aromatic carbocycles. The van der Waals surface area contributed by atoms with E-state index in [2.05, 4.69) is 4.74 Å². The molecule has 5 nitrogen and oxygen atoms in total. The molecule has 2 aromatic rings. The van der Waals surface area contributed by atoms with Crippen molar-refractivity contribution in [2.75, 3.05) is 26.8 Å². The average molecular weight is 387 g/mol. The highest BCUT2D eigenvalue weighted by atomic mass is 19.1. The van der Waals surface area contributed by atoms with Gasteiger partial charge in [0.25, 0.3) is 0 Å². The van der Waals surface area contributed by atoms with Crippen LogP contribution in [0.4, 0.5) is 4.39 Å². The summed E-state index contributed by atoms with van der Waals surface area (Å²) in [4.78, 5) is 25.9. The Balaban J connectivity index is 2.00. The van der Waals surface area contributed by atoms with Gasteiger partial charge in [0.2, 0.25) is 5.91 Å². The molecule has 28 heavy (non-hydrogen) atoms. The van der Waals surface area contributed by atoms with Crippen molar-refractivity contribution in [2.24, 2.45) is 0 Å². The van der Waals surface area contributed by atoms with E-state index in [9.17, 15) is 14.0 Å². The van der Waals surface area contributed by atoms with Gasteiger partial charge in [-0.3, -0.25) is 9.59 Å². The maximum atomic E-state index is 13.1. The highest BCUT2D eigenvalue weighted by Gasteiger charge is 2.16. The number of hydrogen-bond donors (Lipinski definition) is 0. The van der Waals surface area contributed by atoms with Gasteiger partial charge in [0.15, 0.2) is 0 Å². The Morgan fingerprint density at radius 2 is 1.61 bits per heavy atom. The molecule has 0 N–H and O–H groups in total. The molecule has 2 rings (SSSR count). The van der Waals surface area contributed by atoms with Gasteiger partial charge >= 0.3 is 5.97 Å². The first-order valence-corrected chi connectivity index (χ1v) is 9.32. The summed E-state index contributed by atoms with van der Waals surface area (Å²) in [5.74, 6) is 0.0336. The molecular weight excluding hydrogens is 361 g/mol. The molecule has 0 aliphatic carbocycles. The van der Waals surface area contributed by atoms with Crippen LogP contribution in [0.2, 0.25) is 0 Å². The van der Waals surface area contributed by atoms with Gasteiger partial charge in [0.05, 0.1) is 26.6 Å². The zero-order valence-electron chi connectivity index (χ0n) is 16.3. The SMILES string of the molecule is CCOc1ccc(CC(=O)N(CCC(=O)OC)CCc2ccc(F)cc2)cc1. The number of nitrogens with zero attached hydrogens (tertiary/aromatic N) is 1. The van der Waals surface area contributed by atoms with Crippen molar-refractivity contribution in [1.82, 2.24) is 4.90 Å². The lowest BCUT2D eigenvalue weighted by atomic mass is 10.1. The van der Waals surface area contributed by atoms with Crippen LogP contribution in [0.25, 0.3) is 0 Å². The van der Waals surface area contributed by atoms with Gasteiger partial charge in [-0.25, -0.2) is 4.39 Å². The highest BCUT2D eigenvalue weighted by Crippen LogP contribution is 2.14. The van der Waals surface area contributed by atoms with Crippen LogP contribution < -0.4 is 4.74 Å². The van der Waals surface area contributed by atoms with Crippen molar-refractivity contribution < 1.29 is 23.5 Å². The number of hydrogen-bond acceptors (Lipinski definition) is 4. The Bertz CT molecular complexity index is 759. The number of carbonyl (C=O) groups excluding carboxylic acids is 2. The van der Waals surface area contributed by atoms with Gasteiger partial charge in [0, 0.05) is 13.1 Å². The molecule has 1 amide bonds. The van der Waals surface area contributed by atoms with Crippen LogP contribution in [-0.2, 0) is 27.2 Å². The summed E-state index contributed by atoms with van der Waals surface area (Å²) in [6.45, 7) is 3.23. The molecule has 0 aliphatic rings. The fourth-order valence-corrected chi connectivity index (χ4v) is 2.76. The molecular formula is C22H26FNO4. The van der Waals surface area contributed by atoms with Crippen molar-refractivity contribution in [2.45, 2.75) is 26.2 Å². The number of carbonyl (C=O) groups is 2. The van der Waals surface area contributed by atoms with Gasteiger partial charge in [-0.1, -0.05) is 24.3 Å². The summed E-state index contributed by atoms with van der Waals surface area (Å²) < 4.78 is 23.1. The Labute approximate surface area is 165 Å². The maximum Gasteiger partial charge on any atom is 0.307 e. The fraction of sp³-hybridized carbons (Fsp3) is 0.364. The molecule has 0 spiro atoms. The molecule has 0 bridgehead atoms. The molecule has 0 aliphatic heterocycles. The normalized spacial score (nSPS) is 10.4. The number of ether oxygens (including phenoxy) is 2. The largest absolute Gasteiger partial charge is 0.494 e. The summed E-state index contributed by atoms with van der Waals surface area (Å²) in [6.07, 6.45) is 0.947. The van der Waals surface area contributed by atoms with E-state index in [1.165, 1.54) is 19.2 Å². The van der Waals surface area contributed by atoms with E-state index in [0.717, 1.165) is 16.9 Å². The molecule has 0 saturated heterocycles. The van der Waals surface area contributed by atoms with E-state index in [0.29, 0.717) is 19.6 Å². The molecule has 0 unspecified atom stereocenters. The third-order valence-electron chi connectivity index (χ3n) is 4.34. The van der Waals surface area contributed by atoms with E-state index < -0.39 is 0 Å². The lowest BCUT2D eigenvalue weighted by Crippen LogP contribution is -2.36. The van der Waals surface area contributed by atoms with Crippen LogP contribution in [0.15, 0.2) is 48.5 Å². The standard InChI is InChI=1S/C22H26FNO4/c1-3-28-20-10-6-18(7-11-20)16-21(25)24(15-13-22(26)27-2)14-12-17-4-8-19(23)9-5-17/h4-11H,3,12-16H2,1-2H3. The third kappa shape index (κ3) is 7.02. The summed E-state index contributed by atoms with van der Waals surface area (Å²) >= 11 is 0. The number of rotatable bonds is 10. The van der Waals surface area contributed by atoms with E-state index in [-0.39, 0.29) is 37.1 Å². The summed E-state index contributed by atoms with van der Waals surface area (Å²) in [6, 6.07) is 13.6. The van der Waals surface area contributed by atoms with Gasteiger partial charge in [0.1, 0.15) is 11.6 Å². The van der Waals surface area contributed by atoms with Crippen molar-refractivity contribution in [3.8, 4) is 5.75 Å². The molecule has 0 aromatic heterocycles. The topological polar surface area (TPSA) is 55.8 Å². The van der Waals surface area contributed by atoms with Crippen molar-refractivity contribution in [3.63, 3.8) is 0 Å². The number of amides is 1. The second-order valence-corrected chi connectivity index (χ2v) is 6.34. The Kier molecular flexibility index (Phi) is 8.46. The van der Waals surface area contributed by atoms with E-state index >= 15 is 0 Å². The third-order valence-corrected chi connectivity index (χ3v) is 4.34. The summed E-state index contributed by atoms with van der Waals surface area (Å²) in [7, 11) is 1.33. The first-order valence-electron chi connectivity index (χ1n) is 9.32. The van der Waals surface area contributed by atoms with Crippen LogP contribution in [0.5, 0.6) is 5.75 Å². The minimum atomic E-state index is -0.361. The monoisotopic (exact) mass is 387 g/mol. The van der Waals surface area contributed by atoms with Crippen molar-refractivity contribution in [3.05, 3.63) is 65.5 Å². The first kappa shape index (κ1) is 21.4. The van der Waals surface area contributed by atoms with Crippen LogP contribution >= 0.6 is 0 Å². The van der Waals surface area contributed by atoms with Crippen molar-refractivity contribution in [1.29, 1.82) is 0 Å². The van der Waals surface area contributed by atoms with Crippen LogP contribution in [0, 0.1) is 5.82 Å². The minimum Gasteiger partial charge on any atom is -0.494 e. The zero-order valence-corrected chi connectivity index (χ0v) is 16.3. The summed E-state index contributed by atoms with van der Waals surface area (Å²) in [5.41, 5.74) is 1.80. The number of benzene rings is 2. The number of methoxy groups -OCH3 is 1. The molecule has 150 valence electrons. The lowest BCUT2D eigenvalue weighted by molar-refractivity contribution is -0.141. The second kappa shape index (κ2) is 11.1. The summed E-state index contributed by atoms with van der Waals surface area (Å²) in [5, 5.41) is 0. The van der Waals surface area contributed by atoms with Gasteiger partial charge in [-0.05, 0) is 48.7 Å². The molecule has 0 radical (unpaired) electrons. The highest BCUT2D eigenvalue weighted by molar-refractivity contribution is 5.79. The Hall–Kier alpha value is -2.89. The predicted octanol–water partition coefficient (Wildman–Crippen LogP) is 3.40. The van der Waals surface area contributed by atoms with Crippen LogP contribution in [0.3, 0.4) is 0 Å². The molecule has 6 heteroatoms. The van der Waals surface area contributed by atoms with Gasteiger partial charge < -0.3 is 14.4 Å². The first-order chi connectivity index (χ1) is 13.5. The smallest absolute Gasteiger partial charge is 0.307 e. The average Bonchev–Trinajstić information content (AvgIpc) is 2.70. The Morgan fingerprint density at radius 3 is 2.21 bits per heavy atom. The van der Waals surface area contributed by atoms with Crippen LogP contribution in [-0.4, -0.2) is 43.6 Å². The number of halogens is 1. The second-order valence-electron chi connectivity index (χ2n) is 6.34. The predicted molar refractivity (Wildman–Crippen MR) is 105 cm³/mol. The van der Waals surface area contributed by atoms with Crippen LogP contribution in [0.1, 0.15) is 24.5 Å². The number of esters is 1. The van der Waals surface area contributed by atoms with Gasteiger partial charge in [-0.15, -0.1) is 0 Å². The van der Waals surface area contributed by atoms with Gasteiger partial charge in [-0.2, -0.15) is 0 Å². The molecule has 0 saturated carbocycles. The van der Waals surface area contributed by atoms with E-state index in [1.54, 1.807) is 17.0 Å². The molecule has 0 atom stereocenters. The molecule has 0 fully saturated rings. The van der Waals surface area contributed by atoms with Crippen molar-refractivity contribution >= 4 is 11.9 Å². The quantitative estimate of drug-likeness (QED) is 0.587. The lowest BCUT2D eigenvalue weighted by Gasteiger charge is -2.22. The molecule has 0 heterocycles. The maximum absolute atomic E-state index is 13.1. The Morgan fingerprint density at radius 1 is 0.964 bits per heavy atom. The van der Waals surface area contributed by atoms with E-state index in [4.69, 9.17) is 4.74 Å². The minimum absolute atomic E-state index is 0.0739. The zero-order chi connectivity index (χ0) is 20.4.